The molecule has 4 fully saturated rings. The quantitative estimate of drug-likeness (QED) is 0.0932. The van der Waals surface area contributed by atoms with Crippen molar-refractivity contribution >= 4 is 18.7 Å². The molecule has 5 aliphatic rings. The molecule has 7 rings (SSSR count). The molecule has 3 saturated carbocycles. The molecule has 2 aromatic rings. The molecule has 6 nitrogen and oxygen atoms in total. The Balaban J connectivity index is 1.10. The maximum Gasteiger partial charge on any atom is 0.261 e. The third-order valence-corrected chi connectivity index (χ3v) is 20.1. The average molecular weight is 696 g/mol. The van der Waals surface area contributed by atoms with E-state index in [1.807, 2.05) is 0 Å². The lowest BCUT2D eigenvalue weighted by molar-refractivity contribution is -0.220. The molecule has 11 atom stereocenters. The molecular formula is C43H61N3O3Si. The number of fused-ring (bicyclic) bond motifs is 7. The van der Waals surface area contributed by atoms with Crippen molar-refractivity contribution in [3.05, 3.63) is 82.8 Å². The van der Waals surface area contributed by atoms with Crippen LogP contribution in [0, 0.1) is 46.3 Å². The van der Waals surface area contributed by atoms with Gasteiger partial charge in [0, 0.05) is 29.9 Å². The maximum absolute atomic E-state index is 11.8. The van der Waals surface area contributed by atoms with Crippen LogP contribution in [0.3, 0.4) is 0 Å². The first-order chi connectivity index (χ1) is 23.8. The van der Waals surface area contributed by atoms with Crippen molar-refractivity contribution < 1.29 is 14.3 Å². The zero-order valence-electron chi connectivity index (χ0n) is 31.6. The largest absolute Gasteiger partial charge is 0.404 e. The van der Waals surface area contributed by atoms with Crippen LogP contribution in [0.25, 0.3) is 10.4 Å². The van der Waals surface area contributed by atoms with Gasteiger partial charge in [0.05, 0.1) is 6.10 Å². The lowest BCUT2D eigenvalue weighted by Gasteiger charge is -2.59. The van der Waals surface area contributed by atoms with Crippen molar-refractivity contribution in [2.24, 2.45) is 51.5 Å². The van der Waals surface area contributed by atoms with Gasteiger partial charge in [-0.2, -0.15) is 0 Å². The smallest absolute Gasteiger partial charge is 0.261 e. The average Bonchev–Trinajstić information content (AvgIpc) is 3.53. The summed E-state index contributed by atoms with van der Waals surface area (Å²) in [6.45, 7) is 17.1. The fourth-order valence-corrected chi connectivity index (χ4v) is 17.1. The van der Waals surface area contributed by atoms with E-state index in [2.05, 4.69) is 125 Å². The molecule has 0 amide bonds. The second-order valence-corrected chi connectivity index (χ2v) is 22.8. The number of allylic oxidation sites excluding steroid dienone is 1. The Morgan fingerprint density at radius 1 is 1.02 bits per heavy atom. The lowest BCUT2D eigenvalue weighted by atomic mass is 9.47. The SMILES string of the molecule is C[C@H](CCC1(O)O[C@H]2C[C@H]3[C@@H]4CC=C5C[C@@H](O[Si](c6ccccc6)(c6ccccc6)C(C)(C)C)CC[C@]5(C)[C@H]4CC[C@]3(C)[C@H]2[C@@H]1C)CN=[N+]=[N-]. The Morgan fingerprint density at radius 3 is 2.30 bits per heavy atom. The van der Waals surface area contributed by atoms with Crippen LogP contribution in [0.2, 0.25) is 5.04 Å². The van der Waals surface area contributed by atoms with E-state index in [0.29, 0.717) is 36.6 Å². The van der Waals surface area contributed by atoms with Crippen molar-refractivity contribution in [2.45, 2.75) is 129 Å². The maximum atomic E-state index is 11.8. The van der Waals surface area contributed by atoms with E-state index < -0.39 is 14.1 Å². The van der Waals surface area contributed by atoms with Crippen molar-refractivity contribution in [2.75, 3.05) is 6.54 Å². The molecule has 270 valence electrons. The first kappa shape index (κ1) is 36.0. The standard InChI is InChI=1S/C43H61N3O3Si/c1-29(28-45-46-44)20-25-43(47)30(2)39-38(48-43)27-37-35-19-18-31-26-32(21-23-41(31,6)36(35)22-24-42(37,39)7)49-50(40(3,4)5,33-14-10-8-11-15-33)34-16-12-9-13-17-34/h8-18,29-30,32,35-39,47H,19-28H2,1-7H3/t29-,30+,32+,35-,36+,37+,38+,39+,41+,42+,43?/m1/s1. The van der Waals surface area contributed by atoms with Gasteiger partial charge in [-0.05, 0) is 113 Å². The molecule has 4 aliphatic carbocycles. The second kappa shape index (κ2) is 13.2. The van der Waals surface area contributed by atoms with Crippen LogP contribution in [0.5, 0.6) is 0 Å². The number of rotatable bonds is 9. The summed E-state index contributed by atoms with van der Waals surface area (Å²) in [4.78, 5) is 2.92. The van der Waals surface area contributed by atoms with Gasteiger partial charge in [-0.1, -0.05) is 126 Å². The minimum absolute atomic E-state index is 0.0214. The van der Waals surface area contributed by atoms with E-state index in [9.17, 15) is 5.11 Å². The van der Waals surface area contributed by atoms with Gasteiger partial charge in [0.1, 0.15) is 0 Å². The van der Waals surface area contributed by atoms with E-state index >= 15 is 0 Å². The van der Waals surface area contributed by atoms with E-state index in [0.717, 1.165) is 32.1 Å². The zero-order valence-corrected chi connectivity index (χ0v) is 32.6. The molecule has 1 saturated heterocycles. The van der Waals surface area contributed by atoms with Crippen molar-refractivity contribution in [1.29, 1.82) is 0 Å². The van der Waals surface area contributed by atoms with Gasteiger partial charge < -0.3 is 14.3 Å². The van der Waals surface area contributed by atoms with Gasteiger partial charge in [-0.3, -0.25) is 0 Å². The summed E-state index contributed by atoms with van der Waals surface area (Å²) in [6, 6.07) is 22.3. The van der Waals surface area contributed by atoms with Crippen molar-refractivity contribution in [1.82, 2.24) is 0 Å². The van der Waals surface area contributed by atoms with Gasteiger partial charge in [0.2, 0.25) is 0 Å². The van der Waals surface area contributed by atoms with Crippen molar-refractivity contribution in [3.8, 4) is 0 Å². The molecule has 2 aromatic carbocycles. The minimum Gasteiger partial charge on any atom is -0.404 e. The first-order valence-corrected chi connectivity index (χ1v) is 21.6. The summed E-state index contributed by atoms with van der Waals surface area (Å²) in [5, 5.41) is 18.3. The lowest BCUT2D eigenvalue weighted by Crippen LogP contribution is -2.68. The highest BCUT2D eigenvalue weighted by molar-refractivity contribution is 6.99. The Hall–Kier alpha value is -2.41. The van der Waals surface area contributed by atoms with Crippen LogP contribution in [0.4, 0.5) is 0 Å². The van der Waals surface area contributed by atoms with E-state index in [1.165, 1.54) is 29.6 Å². The summed E-state index contributed by atoms with van der Waals surface area (Å²) >= 11 is 0. The normalized spacial score (nSPS) is 38.6. The van der Waals surface area contributed by atoms with Crippen LogP contribution < -0.4 is 10.4 Å². The fourth-order valence-electron chi connectivity index (χ4n) is 12.4. The first-order valence-electron chi connectivity index (χ1n) is 19.7. The predicted molar refractivity (Wildman–Crippen MR) is 204 cm³/mol. The summed E-state index contributed by atoms with van der Waals surface area (Å²) < 4.78 is 14.4. The summed E-state index contributed by atoms with van der Waals surface area (Å²) in [6.07, 6.45) is 12.5. The monoisotopic (exact) mass is 695 g/mol. The molecule has 50 heavy (non-hydrogen) atoms. The molecule has 0 spiro atoms. The summed E-state index contributed by atoms with van der Waals surface area (Å²) in [5.41, 5.74) is 10.8. The number of aliphatic hydroxyl groups is 1. The highest BCUT2D eigenvalue weighted by atomic mass is 28.4. The number of hydrogen-bond acceptors (Lipinski definition) is 4. The summed E-state index contributed by atoms with van der Waals surface area (Å²) in [7, 11) is -2.61. The van der Waals surface area contributed by atoms with Gasteiger partial charge in [-0.15, -0.1) is 0 Å². The molecule has 0 aromatic heterocycles. The van der Waals surface area contributed by atoms with Crippen LogP contribution in [0.1, 0.15) is 106 Å². The molecule has 0 bridgehead atoms. The third-order valence-electron chi connectivity index (χ3n) is 15.0. The van der Waals surface area contributed by atoms with E-state index in [-0.39, 0.29) is 39.9 Å². The van der Waals surface area contributed by atoms with Gasteiger partial charge in [-0.25, -0.2) is 0 Å². The number of azide groups is 1. The minimum atomic E-state index is -2.61. The number of benzene rings is 2. The molecular weight excluding hydrogens is 635 g/mol. The number of hydrogen-bond donors (Lipinski definition) is 1. The van der Waals surface area contributed by atoms with E-state index in [1.54, 1.807) is 5.57 Å². The van der Waals surface area contributed by atoms with E-state index in [4.69, 9.17) is 14.7 Å². The molecule has 1 heterocycles. The van der Waals surface area contributed by atoms with Crippen LogP contribution in [-0.2, 0) is 9.16 Å². The Bertz CT molecular complexity index is 1560. The molecule has 1 aliphatic heterocycles. The Morgan fingerprint density at radius 2 is 1.68 bits per heavy atom. The van der Waals surface area contributed by atoms with Gasteiger partial charge in [0.25, 0.3) is 8.32 Å². The highest BCUT2D eigenvalue weighted by Gasteiger charge is 2.68. The molecule has 1 N–H and O–H groups in total. The van der Waals surface area contributed by atoms with Crippen molar-refractivity contribution in [3.63, 3.8) is 0 Å². The predicted octanol–water partition coefficient (Wildman–Crippen LogP) is 9.57. The molecule has 7 heteroatoms. The van der Waals surface area contributed by atoms with Crippen LogP contribution >= 0.6 is 0 Å². The molecule has 1 unspecified atom stereocenters. The van der Waals surface area contributed by atoms with Gasteiger partial charge in [0.15, 0.2) is 5.79 Å². The number of nitrogens with zero attached hydrogens (tertiary/aromatic N) is 3. The molecule has 0 radical (unpaired) electrons. The van der Waals surface area contributed by atoms with Crippen LogP contribution in [-0.4, -0.2) is 38.0 Å². The highest BCUT2D eigenvalue weighted by Crippen LogP contribution is 2.70. The van der Waals surface area contributed by atoms with Gasteiger partial charge >= 0.3 is 0 Å². The second-order valence-electron chi connectivity index (χ2n) is 18.6. The summed E-state index contributed by atoms with van der Waals surface area (Å²) in [5.74, 6) is 1.65. The fraction of sp³-hybridized carbons (Fsp3) is 0.674. The Labute approximate surface area is 302 Å². The number of ether oxygens (including phenoxy) is 1. The topological polar surface area (TPSA) is 87.5 Å². The third kappa shape index (κ3) is 5.75. The Kier molecular flexibility index (Phi) is 9.51. The zero-order chi connectivity index (χ0) is 35.5. The van der Waals surface area contributed by atoms with Crippen LogP contribution in [0.15, 0.2) is 77.4 Å².